The molecular formula is C14H16N2O3. The second-order valence-electron chi connectivity index (χ2n) is 4.46. The Kier molecular flexibility index (Phi) is 3.64. The van der Waals surface area contributed by atoms with E-state index in [4.69, 9.17) is 5.11 Å². The molecule has 0 bridgehead atoms. The lowest BCUT2D eigenvalue weighted by molar-refractivity contribution is -0.136. The Morgan fingerprint density at radius 1 is 1.32 bits per heavy atom. The number of fused-ring (bicyclic) bond motifs is 1. The van der Waals surface area contributed by atoms with E-state index in [0.717, 1.165) is 23.3 Å². The molecule has 19 heavy (non-hydrogen) atoms. The molecule has 1 aromatic carbocycles. The molecule has 0 unspecified atom stereocenters. The summed E-state index contributed by atoms with van der Waals surface area (Å²) < 4.78 is 2.00. The van der Waals surface area contributed by atoms with Gasteiger partial charge in [0.15, 0.2) is 5.78 Å². The first-order valence-electron chi connectivity index (χ1n) is 6.23. The minimum Gasteiger partial charge on any atom is -0.481 e. The van der Waals surface area contributed by atoms with Gasteiger partial charge in [-0.25, -0.2) is 4.98 Å². The van der Waals surface area contributed by atoms with Crippen molar-refractivity contribution in [2.75, 3.05) is 0 Å². The third-order valence-electron chi connectivity index (χ3n) is 3.18. The van der Waals surface area contributed by atoms with Crippen molar-refractivity contribution < 1.29 is 14.7 Å². The Morgan fingerprint density at radius 3 is 2.68 bits per heavy atom. The highest BCUT2D eigenvalue weighted by molar-refractivity contribution is 6.00. The van der Waals surface area contributed by atoms with Gasteiger partial charge in [0, 0.05) is 25.5 Å². The third-order valence-corrected chi connectivity index (χ3v) is 3.18. The number of hydrogen-bond acceptors (Lipinski definition) is 3. The molecule has 5 heteroatoms. The fourth-order valence-corrected chi connectivity index (χ4v) is 2.10. The molecule has 0 aliphatic heterocycles. The van der Waals surface area contributed by atoms with Gasteiger partial charge in [0.1, 0.15) is 5.82 Å². The number of nitrogens with zero attached hydrogens (tertiary/aromatic N) is 2. The van der Waals surface area contributed by atoms with Crippen molar-refractivity contribution in [2.45, 2.75) is 26.2 Å². The molecule has 2 aromatic rings. The first kappa shape index (κ1) is 13.3. The van der Waals surface area contributed by atoms with Crippen LogP contribution in [0.5, 0.6) is 0 Å². The van der Waals surface area contributed by atoms with E-state index in [-0.39, 0.29) is 18.6 Å². The number of hydrogen-bond donors (Lipinski definition) is 1. The van der Waals surface area contributed by atoms with Crippen molar-refractivity contribution in [3.8, 4) is 0 Å². The molecule has 1 heterocycles. The zero-order valence-corrected chi connectivity index (χ0v) is 11.0. The van der Waals surface area contributed by atoms with Crippen LogP contribution in [0.15, 0.2) is 18.2 Å². The standard InChI is InChI=1S/C14H16N2O3/c1-3-13-15-10-8-9(4-5-11(10)16(13)2)12(17)6-7-14(18)19/h4-5,8H,3,6-7H2,1-2H3,(H,18,19). The van der Waals surface area contributed by atoms with Crippen LogP contribution in [0.25, 0.3) is 11.0 Å². The molecule has 0 radical (unpaired) electrons. The molecule has 0 amide bonds. The second-order valence-corrected chi connectivity index (χ2v) is 4.46. The second kappa shape index (κ2) is 5.22. The Bertz CT molecular complexity index is 643. The van der Waals surface area contributed by atoms with E-state index < -0.39 is 5.97 Å². The maximum Gasteiger partial charge on any atom is 0.303 e. The summed E-state index contributed by atoms with van der Waals surface area (Å²) in [4.78, 5) is 26.8. The molecule has 1 aromatic heterocycles. The van der Waals surface area contributed by atoms with Gasteiger partial charge >= 0.3 is 5.97 Å². The van der Waals surface area contributed by atoms with Gasteiger partial charge < -0.3 is 9.67 Å². The van der Waals surface area contributed by atoms with Crippen LogP contribution >= 0.6 is 0 Å². The van der Waals surface area contributed by atoms with E-state index in [2.05, 4.69) is 4.98 Å². The predicted octanol–water partition coefficient (Wildman–Crippen LogP) is 2.18. The summed E-state index contributed by atoms with van der Waals surface area (Å²) in [5.74, 6) is -0.154. The molecule has 0 fully saturated rings. The number of carboxylic acids is 1. The largest absolute Gasteiger partial charge is 0.481 e. The van der Waals surface area contributed by atoms with E-state index in [9.17, 15) is 9.59 Å². The number of carboxylic acid groups (broad SMARTS) is 1. The van der Waals surface area contributed by atoms with Gasteiger partial charge in [0.2, 0.25) is 0 Å². The van der Waals surface area contributed by atoms with Crippen molar-refractivity contribution in [1.29, 1.82) is 0 Å². The zero-order chi connectivity index (χ0) is 14.0. The molecular weight excluding hydrogens is 244 g/mol. The third kappa shape index (κ3) is 2.65. The van der Waals surface area contributed by atoms with Gasteiger partial charge in [-0.15, -0.1) is 0 Å². The van der Waals surface area contributed by atoms with Gasteiger partial charge in [0.25, 0.3) is 0 Å². The summed E-state index contributed by atoms with van der Waals surface area (Å²) in [7, 11) is 1.94. The van der Waals surface area contributed by atoms with Crippen LogP contribution in [-0.4, -0.2) is 26.4 Å². The lowest BCUT2D eigenvalue weighted by Gasteiger charge is -2.00. The highest BCUT2D eigenvalue weighted by Crippen LogP contribution is 2.18. The highest BCUT2D eigenvalue weighted by atomic mass is 16.4. The number of imidazole rings is 1. The number of aromatic nitrogens is 2. The van der Waals surface area contributed by atoms with Crippen molar-refractivity contribution in [2.24, 2.45) is 7.05 Å². The molecule has 2 rings (SSSR count). The minimum absolute atomic E-state index is 0.0221. The smallest absolute Gasteiger partial charge is 0.303 e. The van der Waals surface area contributed by atoms with E-state index in [1.54, 1.807) is 12.1 Å². The number of rotatable bonds is 5. The summed E-state index contributed by atoms with van der Waals surface area (Å²) >= 11 is 0. The molecule has 0 atom stereocenters. The maximum absolute atomic E-state index is 11.9. The van der Waals surface area contributed by atoms with Crippen LogP contribution in [0.2, 0.25) is 0 Å². The summed E-state index contributed by atoms with van der Waals surface area (Å²) in [6.07, 6.45) is 0.709. The fourth-order valence-electron chi connectivity index (χ4n) is 2.10. The molecule has 0 saturated carbocycles. The van der Waals surface area contributed by atoms with Crippen molar-refractivity contribution in [1.82, 2.24) is 9.55 Å². The molecule has 0 saturated heterocycles. The van der Waals surface area contributed by atoms with E-state index in [1.165, 1.54) is 0 Å². The van der Waals surface area contributed by atoms with Crippen LogP contribution in [0.4, 0.5) is 0 Å². The van der Waals surface area contributed by atoms with Gasteiger partial charge in [-0.05, 0) is 18.2 Å². The van der Waals surface area contributed by atoms with E-state index >= 15 is 0 Å². The van der Waals surface area contributed by atoms with Crippen LogP contribution in [-0.2, 0) is 18.3 Å². The topological polar surface area (TPSA) is 72.2 Å². The molecule has 100 valence electrons. The molecule has 5 nitrogen and oxygen atoms in total. The first-order valence-corrected chi connectivity index (χ1v) is 6.23. The Morgan fingerprint density at radius 2 is 2.05 bits per heavy atom. The number of aliphatic carboxylic acids is 1. The molecule has 0 aliphatic carbocycles. The van der Waals surface area contributed by atoms with Gasteiger partial charge in [0.05, 0.1) is 17.5 Å². The number of Topliss-reactive ketones (excluding diaryl/α,β-unsaturated/α-hetero) is 1. The maximum atomic E-state index is 11.9. The minimum atomic E-state index is -0.958. The Hall–Kier alpha value is -2.17. The van der Waals surface area contributed by atoms with E-state index in [0.29, 0.717) is 5.56 Å². The number of benzene rings is 1. The monoisotopic (exact) mass is 260 g/mol. The van der Waals surface area contributed by atoms with Crippen LogP contribution in [0.3, 0.4) is 0 Å². The molecule has 1 N–H and O–H groups in total. The van der Waals surface area contributed by atoms with E-state index in [1.807, 2.05) is 24.6 Å². The van der Waals surface area contributed by atoms with Crippen LogP contribution in [0, 0.1) is 0 Å². The molecule has 0 aliphatic rings. The summed E-state index contributed by atoms with van der Waals surface area (Å²) in [6, 6.07) is 5.32. The van der Waals surface area contributed by atoms with Crippen molar-refractivity contribution in [3.63, 3.8) is 0 Å². The highest BCUT2D eigenvalue weighted by Gasteiger charge is 2.12. The SMILES string of the molecule is CCc1nc2cc(C(=O)CCC(=O)O)ccc2n1C. The average Bonchev–Trinajstić information content (AvgIpc) is 2.72. The van der Waals surface area contributed by atoms with Gasteiger partial charge in [-0.2, -0.15) is 0 Å². The number of aryl methyl sites for hydroxylation is 2. The lowest BCUT2D eigenvalue weighted by Crippen LogP contribution is -2.03. The zero-order valence-electron chi connectivity index (χ0n) is 11.0. The number of ketones is 1. The Balaban J connectivity index is 2.31. The molecule has 0 spiro atoms. The van der Waals surface area contributed by atoms with Crippen LogP contribution in [0.1, 0.15) is 35.9 Å². The average molecular weight is 260 g/mol. The van der Waals surface area contributed by atoms with Crippen LogP contribution < -0.4 is 0 Å². The van der Waals surface area contributed by atoms with Crippen molar-refractivity contribution in [3.05, 3.63) is 29.6 Å². The summed E-state index contributed by atoms with van der Waals surface area (Å²) in [5.41, 5.74) is 2.28. The quantitative estimate of drug-likeness (QED) is 0.836. The number of carbonyl (C=O) groups is 2. The summed E-state index contributed by atoms with van der Waals surface area (Å²) in [5, 5.41) is 8.58. The Labute approximate surface area is 110 Å². The lowest BCUT2D eigenvalue weighted by atomic mass is 10.1. The predicted molar refractivity (Wildman–Crippen MR) is 71.3 cm³/mol. The number of carbonyl (C=O) groups excluding carboxylic acids is 1. The van der Waals surface area contributed by atoms with Gasteiger partial charge in [-0.1, -0.05) is 6.92 Å². The van der Waals surface area contributed by atoms with Crippen molar-refractivity contribution >= 4 is 22.8 Å². The summed E-state index contributed by atoms with van der Waals surface area (Å²) in [6.45, 7) is 2.03. The first-order chi connectivity index (χ1) is 9.02. The fraction of sp³-hybridized carbons (Fsp3) is 0.357. The normalized spacial score (nSPS) is 10.8. The van der Waals surface area contributed by atoms with Gasteiger partial charge in [-0.3, -0.25) is 9.59 Å².